The van der Waals surface area contributed by atoms with Crippen LogP contribution in [0.3, 0.4) is 0 Å². The lowest BCUT2D eigenvalue weighted by atomic mass is 10.1. The number of hydrogen-bond donors (Lipinski definition) is 1. The van der Waals surface area contributed by atoms with Gasteiger partial charge in [0.25, 0.3) is 0 Å². The van der Waals surface area contributed by atoms with E-state index in [-0.39, 0.29) is 0 Å². The van der Waals surface area contributed by atoms with Crippen LogP contribution >= 0.6 is 0 Å². The summed E-state index contributed by atoms with van der Waals surface area (Å²) in [6.45, 7) is 0. The van der Waals surface area contributed by atoms with E-state index < -0.39 is 0 Å². The quantitative estimate of drug-likeness (QED) is 0.880. The van der Waals surface area contributed by atoms with Crippen LogP contribution in [-0.4, -0.2) is 17.2 Å². The number of rotatable bonds is 3. The number of benzene rings is 1. The van der Waals surface area contributed by atoms with Crippen molar-refractivity contribution < 1.29 is 9.84 Å². The molecule has 2 aromatic rings. The van der Waals surface area contributed by atoms with Gasteiger partial charge in [0.1, 0.15) is 11.5 Å². The highest BCUT2D eigenvalue weighted by Crippen LogP contribution is 2.35. The van der Waals surface area contributed by atoms with Gasteiger partial charge in [0.15, 0.2) is 0 Å². The van der Waals surface area contributed by atoms with Crippen molar-refractivity contribution in [2.45, 2.75) is 19.3 Å². The zero-order valence-electron chi connectivity index (χ0n) is 9.81. The summed E-state index contributed by atoms with van der Waals surface area (Å²) in [7, 11) is 1.63. The highest BCUT2D eigenvalue weighted by atomic mass is 16.5. The minimum atomic E-state index is 0.303. The van der Waals surface area contributed by atoms with Gasteiger partial charge in [0.05, 0.1) is 18.3 Å². The molecule has 0 bridgehead atoms. The fourth-order valence-electron chi connectivity index (χ4n) is 2.06. The van der Waals surface area contributed by atoms with Gasteiger partial charge in [-0.2, -0.15) is 0 Å². The summed E-state index contributed by atoms with van der Waals surface area (Å²) in [5.74, 6) is 1.82. The van der Waals surface area contributed by atoms with Crippen LogP contribution in [0.1, 0.15) is 18.5 Å². The van der Waals surface area contributed by atoms with Crippen molar-refractivity contribution >= 4 is 10.9 Å². The van der Waals surface area contributed by atoms with Crippen LogP contribution in [-0.2, 0) is 6.42 Å². The summed E-state index contributed by atoms with van der Waals surface area (Å²) in [4.78, 5) is 4.52. The summed E-state index contributed by atoms with van der Waals surface area (Å²) < 4.78 is 5.16. The highest BCUT2D eigenvalue weighted by Gasteiger charge is 2.23. The Morgan fingerprint density at radius 3 is 2.88 bits per heavy atom. The van der Waals surface area contributed by atoms with E-state index in [4.69, 9.17) is 4.74 Å². The summed E-state index contributed by atoms with van der Waals surface area (Å²) in [5, 5.41) is 10.9. The maximum atomic E-state index is 9.95. The van der Waals surface area contributed by atoms with Crippen molar-refractivity contribution in [1.82, 2.24) is 4.98 Å². The van der Waals surface area contributed by atoms with E-state index in [9.17, 15) is 5.11 Å². The molecular weight excluding hydrogens is 214 g/mol. The zero-order valence-corrected chi connectivity index (χ0v) is 9.81. The second-order valence-corrected chi connectivity index (χ2v) is 4.66. The SMILES string of the molecule is COc1ccc2nc(CC3CC3)c(O)cc2c1. The van der Waals surface area contributed by atoms with Gasteiger partial charge in [-0.25, -0.2) is 4.98 Å². The number of fused-ring (bicyclic) bond motifs is 1. The lowest BCUT2D eigenvalue weighted by molar-refractivity contribution is 0.415. The van der Waals surface area contributed by atoms with Crippen molar-refractivity contribution in [3.63, 3.8) is 0 Å². The molecule has 1 N–H and O–H groups in total. The summed E-state index contributed by atoms with van der Waals surface area (Å²) in [5.41, 5.74) is 1.74. The van der Waals surface area contributed by atoms with Crippen molar-refractivity contribution in [1.29, 1.82) is 0 Å². The molecule has 0 amide bonds. The Balaban J connectivity index is 2.05. The molecule has 1 aliphatic carbocycles. The molecule has 1 aromatic carbocycles. The molecule has 3 heteroatoms. The molecule has 0 atom stereocenters. The number of ether oxygens (including phenoxy) is 1. The van der Waals surface area contributed by atoms with Crippen molar-refractivity contribution in [3.8, 4) is 11.5 Å². The molecule has 0 aliphatic heterocycles. The Morgan fingerprint density at radius 2 is 2.18 bits per heavy atom. The normalized spacial score (nSPS) is 15.1. The third kappa shape index (κ3) is 2.05. The van der Waals surface area contributed by atoms with Crippen LogP contribution in [0, 0.1) is 5.92 Å². The zero-order chi connectivity index (χ0) is 11.8. The van der Waals surface area contributed by atoms with Crippen molar-refractivity contribution in [2.75, 3.05) is 7.11 Å². The predicted molar refractivity (Wildman–Crippen MR) is 66.4 cm³/mol. The molecule has 0 radical (unpaired) electrons. The third-order valence-corrected chi connectivity index (χ3v) is 3.26. The Morgan fingerprint density at radius 1 is 1.35 bits per heavy atom. The van der Waals surface area contributed by atoms with Gasteiger partial charge in [-0.3, -0.25) is 0 Å². The van der Waals surface area contributed by atoms with E-state index in [0.29, 0.717) is 5.75 Å². The second-order valence-electron chi connectivity index (χ2n) is 4.66. The monoisotopic (exact) mass is 229 g/mol. The van der Waals surface area contributed by atoms with Crippen LogP contribution < -0.4 is 4.74 Å². The lowest BCUT2D eigenvalue weighted by Crippen LogP contribution is -1.94. The van der Waals surface area contributed by atoms with Crippen LogP contribution in [0.15, 0.2) is 24.3 Å². The molecule has 0 spiro atoms. The molecular formula is C14H15NO2. The lowest BCUT2D eigenvalue weighted by Gasteiger charge is -2.07. The number of methoxy groups -OCH3 is 1. The van der Waals surface area contributed by atoms with E-state index in [1.807, 2.05) is 18.2 Å². The van der Waals surface area contributed by atoms with E-state index in [1.165, 1.54) is 12.8 Å². The second kappa shape index (κ2) is 3.91. The molecule has 88 valence electrons. The number of aromatic hydroxyl groups is 1. The topological polar surface area (TPSA) is 42.4 Å². The first kappa shape index (κ1) is 10.4. The first-order valence-electron chi connectivity index (χ1n) is 5.93. The molecule has 3 rings (SSSR count). The largest absolute Gasteiger partial charge is 0.506 e. The fourth-order valence-corrected chi connectivity index (χ4v) is 2.06. The summed E-state index contributed by atoms with van der Waals surface area (Å²) in [6.07, 6.45) is 3.43. The molecule has 17 heavy (non-hydrogen) atoms. The Labute approximate surface area is 100 Å². The summed E-state index contributed by atoms with van der Waals surface area (Å²) >= 11 is 0. The molecule has 1 aromatic heterocycles. The molecule has 1 fully saturated rings. The van der Waals surface area contributed by atoms with Gasteiger partial charge in [0.2, 0.25) is 0 Å². The van der Waals surface area contributed by atoms with Crippen LogP contribution in [0.4, 0.5) is 0 Å². The van der Waals surface area contributed by atoms with E-state index in [2.05, 4.69) is 4.98 Å². The van der Waals surface area contributed by atoms with Gasteiger partial charge in [-0.1, -0.05) is 0 Å². The van der Waals surface area contributed by atoms with Crippen LogP contribution in [0.5, 0.6) is 11.5 Å². The van der Waals surface area contributed by atoms with Gasteiger partial charge in [0, 0.05) is 5.39 Å². The minimum Gasteiger partial charge on any atom is -0.506 e. The molecule has 3 nitrogen and oxygen atoms in total. The van der Waals surface area contributed by atoms with Crippen LogP contribution in [0.2, 0.25) is 0 Å². The number of pyridine rings is 1. The summed E-state index contributed by atoms with van der Waals surface area (Å²) in [6, 6.07) is 7.50. The van der Waals surface area contributed by atoms with Crippen molar-refractivity contribution in [3.05, 3.63) is 30.0 Å². The Hall–Kier alpha value is -1.77. The molecule has 0 saturated heterocycles. The number of hydrogen-bond acceptors (Lipinski definition) is 3. The minimum absolute atomic E-state index is 0.303. The van der Waals surface area contributed by atoms with E-state index in [1.54, 1.807) is 13.2 Å². The van der Waals surface area contributed by atoms with Crippen molar-refractivity contribution in [2.24, 2.45) is 5.92 Å². The van der Waals surface area contributed by atoms with Gasteiger partial charge in [-0.15, -0.1) is 0 Å². The van der Waals surface area contributed by atoms with Crippen LogP contribution in [0.25, 0.3) is 10.9 Å². The van der Waals surface area contributed by atoms with Gasteiger partial charge in [-0.05, 0) is 49.4 Å². The predicted octanol–water partition coefficient (Wildman–Crippen LogP) is 2.90. The smallest absolute Gasteiger partial charge is 0.137 e. The number of aromatic nitrogens is 1. The fraction of sp³-hybridized carbons (Fsp3) is 0.357. The molecule has 0 unspecified atom stereocenters. The highest BCUT2D eigenvalue weighted by molar-refractivity contribution is 5.81. The average molecular weight is 229 g/mol. The maximum Gasteiger partial charge on any atom is 0.137 e. The van der Waals surface area contributed by atoms with Gasteiger partial charge >= 0.3 is 0 Å². The first-order valence-corrected chi connectivity index (χ1v) is 5.93. The number of nitrogens with zero attached hydrogens (tertiary/aromatic N) is 1. The maximum absolute atomic E-state index is 9.95. The Bertz CT molecular complexity index is 561. The average Bonchev–Trinajstić information content (AvgIpc) is 3.13. The molecule has 1 heterocycles. The standard InChI is InChI=1S/C14H15NO2/c1-17-11-4-5-12-10(7-11)8-14(16)13(15-12)6-9-2-3-9/h4-5,7-9,16H,2-3,6H2,1H3. The van der Waals surface area contributed by atoms with E-state index in [0.717, 1.165) is 34.7 Å². The first-order chi connectivity index (χ1) is 8.26. The molecule has 1 aliphatic rings. The van der Waals surface area contributed by atoms with E-state index >= 15 is 0 Å². The van der Waals surface area contributed by atoms with Gasteiger partial charge < -0.3 is 9.84 Å². The Kier molecular flexibility index (Phi) is 2.39. The molecule has 1 saturated carbocycles. The third-order valence-electron chi connectivity index (χ3n) is 3.26.